The number of rotatable bonds is 4. The van der Waals surface area contributed by atoms with Gasteiger partial charge in [0.05, 0.1) is 0 Å². The first kappa shape index (κ1) is 11.1. The summed E-state index contributed by atoms with van der Waals surface area (Å²) in [5.41, 5.74) is 6.34. The summed E-state index contributed by atoms with van der Waals surface area (Å²) >= 11 is 0. The number of aromatic nitrogens is 4. The van der Waals surface area contributed by atoms with Crippen LogP contribution >= 0.6 is 0 Å². The molecule has 0 aliphatic heterocycles. The van der Waals surface area contributed by atoms with Crippen molar-refractivity contribution in [3.63, 3.8) is 0 Å². The van der Waals surface area contributed by atoms with E-state index in [0.29, 0.717) is 6.54 Å². The van der Waals surface area contributed by atoms with Gasteiger partial charge in [0.25, 0.3) is 0 Å². The van der Waals surface area contributed by atoms with E-state index in [2.05, 4.69) is 20.2 Å². The molecule has 17 heavy (non-hydrogen) atoms. The lowest BCUT2D eigenvalue weighted by Crippen LogP contribution is -2.15. The number of hydrogen-bond donors (Lipinski definition) is 2. The molecular formula is C10H12N6O. The predicted molar refractivity (Wildman–Crippen MR) is 60.5 cm³/mol. The van der Waals surface area contributed by atoms with E-state index in [-0.39, 0.29) is 11.7 Å². The van der Waals surface area contributed by atoms with Crippen LogP contribution in [0, 0.1) is 0 Å². The fourth-order valence-electron chi connectivity index (χ4n) is 1.34. The van der Waals surface area contributed by atoms with Gasteiger partial charge in [-0.25, -0.2) is 4.98 Å². The SMILES string of the molecule is NC(=NO)c1ncn(CCc2ccccn2)n1. The van der Waals surface area contributed by atoms with Gasteiger partial charge in [0.2, 0.25) is 11.7 Å². The zero-order valence-electron chi connectivity index (χ0n) is 9.06. The van der Waals surface area contributed by atoms with Gasteiger partial charge in [0.1, 0.15) is 6.33 Å². The fourth-order valence-corrected chi connectivity index (χ4v) is 1.34. The standard InChI is InChI=1S/C10H12N6O/c11-9(15-17)10-13-7-16(14-10)6-4-8-3-1-2-5-12-8/h1-3,5,7,17H,4,6H2,(H2,11,15). The third-order valence-electron chi connectivity index (χ3n) is 2.20. The van der Waals surface area contributed by atoms with Crippen LogP contribution in [0.15, 0.2) is 35.9 Å². The Labute approximate surface area is 97.6 Å². The van der Waals surface area contributed by atoms with E-state index in [1.54, 1.807) is 10.9 Å². The molecule has 0 saturated heterocycles. The third-order valence-corrected chi connectivity index (χ3v) is 2.20. The molecule has 2 heterocycles. The molecule has 2 rings (SSSR count). The minimum Gasteiger partial charge on any atom is -0.409 e. The van der Waals surface area contributed by atoms with Gasteiger partial charge in [-0.15, -0.1) is 5.10 Å². The number of nitrogens with two attached hydrogens (primary N) is 1. The molecule has 0 aliphatic rings. The topological polar surface area (TPSA) is 102 Å². The second-order valence-corrected chi connectivity index (χ2v) is 3.39. The average molecular weight is 232 g/mol. The number of nitrogens with zero attached hydrogens (tertiary/aromatic N) is 5. The number of amidine groups is 1. The summed E-state index contributed by atoms with van der Waals surface area (Å²) in [6.45, 7) is 0.642. The van der Waals surface area contributed by atoms with Gasteiger partial charge in [-0.1, -0.05) is 11.2 Å². The van der Waals surface area contributed by atoms with E-state index >= 15 is 0 Å². The van der Waals surface area contributed by atoms with Crippen molar-refractivity contribution in [3.05, 3.63) is 42.2 Å². The largest absolute Gasteiger partial charge is 0.409 e. The lowest BCUT2D eigenvalue weighted by atomic mass is 10.3. The van der Waals surface area contributed by atoms with Crippen LogP contribution in [0.4, 0.5) is 0 Å². The quantitative estimate of drug-likeness (QED) is 0.334. The van der Waals surface area contributed by atoms with Crippen LogP contribution in [0.3, 0.4) is 0 Å². The highest BCUT2D eigenvalue weighted by Crippen LogP contribution is 1.97. The Morgan fingerprint density at radius 1 is 1.41 bits per heavy atom. The lowest BCUT2D eigenvalue weighted by Gasteiger charge is -1.99. The maximum absolute atomic E-state index is 8.47. The van der Waals surface area contributed by atoms with Crippen LogP contribution in [0.25, 0.3) is 0 Å². The van der Waals surface area contributed by atoms with Crippen molar-refractivity contribution in [2.45, 2.75) is 13.0 Å². The van der Waals surface area contributed by atoms with Crippen molar-refractivity contribution in [2.24, 2.45) is 10.9 Å². The van der Waals surface area contributed by atoms with Crippen LogP contribution in [0.2, 0.25) is 0 Å². The molecule has 3 N–H and O–H groups in total. The minimum atomic E-state index is -0.0958. The van der Waals surface area contributed by atoms with Gasteiger partial charge >= 0.3 is 0 Å². The Morgan fingerprint density at radius 2 is 2.29 bits per heavy atom. The van der Waals surface area contributed by atoms with Gasteiger partial charge in [-0.05, 0) is 12.1 Å². The fraction of sp³-hybridized carbons (Fsp3) is 0.200. The molecule has 0 atom stereocenters. The Kier molecular flexibility index (Phi) is 3.29. The first-order chi connectivity index (χ1) is 8.29. The second-order valence-electron chi connectivity index (χ2n) is 3.39. The summed E-state index contributed by atoms with van der Waals surface area (Å²) in [4.78, 5) is 8.12. The molecule has 88 valence electrons. The predicted octanol–water partition coefficient (Wildman–Crippen LogP) is 0.0103. The Bertz CT molecular complexity index is 507. The zero-order chi connectivity index (χ0) is 12.1. The van der Waals surface area contributed by atoms with Gasteiger partial charge < -0.3 is 10.9 Å². The van der Waals surface area contributed by atoms with Crippen molar-refractivity contribution in [1.82, 2.24) is 19.7 Å². The molecule has 0 bridgehead atoms. The summed E-state index contributed by atoms with van der Waals surface area (Å²) in [5, 5.41) is 15.4. The molecule has 2 aromatic rings. The van der Waals surface area contributed by atoms with Crippen LogP contribution < -0.4 is 5.73 Å². The highest BCUT2D eigenvalue weighted by molar-refractivity contribution is 5.93. The van der Waals surface area contributed by atoms with Crippen molar-refractivity contribution >= 4 is 5.84 Å². The van der Waals surface area contributed by atoms with E-state index in [9.17, 15) is 0 Å². The van der Waals surface area contributed by atoms with Crippen molar-refractivity contribution < 1.29 is 5.21 Å². The highest BCUT2D eigenvalue weighted by Gasteiger charge is 2.05. The molecule has 0 spiro atoms. The smallest absolute Gasteiger partial charge is 0.219 e. The van der Waals surface area contributed by atoms with Crippen LogP contribution in [0.1, 0.15) is 11.5 Å². The van der Waals surface area contributed by atoms with Gasteiger partial charge in [0.15, 0.2) is 0 Å². The van der Waals surface area contributed by atoms with E-state index in [4.69, 9.17) is 10.9 Å². The first-order valence-corrected chi connectivity index (χ1v) is 5.07. The van der Waals surface area contributed by atoms with E-state index < -0.39 is 0 Å². The Hall–Kier alpha value is -2.44. The summed E-state index contributed by atoms with van der Waals surface area (Å²) in [5.74, 6) is 0.120. The summed E-state index contributed by atoms with van der Waals surface area (Å²) in [7, 11) is 0. The molecule has 0 unspecified atom stereocenters. The van der Waals surface area contributed by atoms with E-state index in [1.807, 2.05) is 18.2 Å². The maximum Gasteiger partial charge on any atom is 0.219 e. The molecule has 0 saturated carbocycles. The second kappa shape index (κ2) is 5.06. The molecule has 0 amide bonds. The molecule has 0 aliphatic carbocycles. The molecule has 0 fully saturated rings. The van der Waals surface area contributed by atoms with Crippen molar-refractivity contribution in [3.8, 4) is 0 Å². The van der Waals surface area contributed by atoms with Crippen LogP contribution in [-0.2, 0) is 13.0 Å². The third kappa shape index (κ3) is 2.77. The number of aryl methyl sites for hydroxylation is 2. The van der Waals surface area contributed by atoms with Crippen LogP contribution in [0.5, 0.6) is 0 Å². The van der Waals surface area contributed by atoms with Crippen LogP contribution in [-0.4, -0.2) is 30.8 Å². The van der Waals surface area contributed by atoms with Gasteiger partial charge in [0, 0.05) is 24.9 Å². The van der Waals surface area contributed by atoms with E-state index in [0.717, 1.165) is 12.1 Å². The number of pyridine rings is 1. The Morgan fingerprint density at radius 3 is 3.00 bits per heavy atom. The summed E-state index contributed by atoms with van der Waals surface area (Å²) < 4.78 is 1.63. The highest BCUT2D eigenvalue weighted by atomic mass is 16.4. The van der Waals surface area contributed by atoms with E-state index in [1.165, 1.54) is 6.33 Å². The molecule has 7 heteroatoms. The lowest BCUT2D eigenvalue weighted by molar-refractivity contribution is 0.318. The van der Waals surface area contributed by atoms with Gasteiger partial charge in [-0.3, -0.25) is 9.67 Å². The minimum absolute atomic E-state index is 0.0958. The monoisotopic (exact) mass is 232 g/mol. The zero-order valence-corrected chi connectivity index (χ0v) is 9.06. The first-order valence-electron chi connectivity index (χ1n) is 5.07. The summed E-state index contributed by atoms with van der Waals surface area (Å²) in [6.07, 6.45) is 4.04. The maximum atomic E-state index is 8.47. The molecule has 0 radical (unpaired) electrons. The molecular weight excluding hydrogens is 220 g/mol. The van der Waals surface area contributed by atoms with Crippen molar-refractivity contribution in [2.75, 3.05) is 0 Å². The number of oxime groups is 1. The van der Waals surface area contributed by atoms with Crippen molar-refractivity contribution in [1.29, 1.82) is 0 Å². The summed E-state index contributed by atoms with van der Waals surface area (Å²) in [6, 6.07) is 5.75. The normalized spacial score (nSPS) is 11.6. The number of hydrogen-bond acceptors (Lipinski definition) is 5. The Balaban J connectivity index is 1.98. The molecule has 0 aromatic carbocycles. The molecule has 2 aromatic heterocycles. The molecule has 7 nitrogen and oxygen atoms in total. The average Bonchev–Trinajstić information content (AvgIpc) is 2.85. The van der Waals surface area contributed by atoms with Gasteiger partial charge in [-0.2, -0.15) is 0 Å².